The lowest BCUT2D eigenvalue weighted by molar-refractivity contribution is 0.411. The van der Waals surface area contributed by atoms with Gasteiger partial charge in [-0.3, -0.25) is 5.41 Å². The third-order valence-electron chi connectivity index (χ3n) is 4.65. The minimum Gasteiger partial charge on any atom is -0.509 e. The Kier molecular flexibility index (Phi) is 3.35. The van der Waals surface area contributed by atoms with E-state index in [1.807, 2.05) is 32.0 Å². The highest BCUT2D eigenvalue weighted by atomic mass is 19.1. The third-order valence-corrected chi connectivity index (χ3v) is 4.65. The highest BCUT2D eigenvalue weighted by Gasteiger charge is 2.32. The number of aryl methyl sites for hydroxylation is 1. The summed E-state index contributed by atoms with van der Waals surface area (Å²) >= 11 is 0. The van der Waals surface area contributed by atoms with Gasteiger partial charge in [-0.25, -0.2) is 9.37 Å². The number of amidine groups is 1. The number of imidazole rings is 1. The number of aliphatic hydroxyl groups is 1. The molecule has 0 fully saturated rings. The molecule has 3 aromatic rings. The molecule has 6 heteroatoms. The van der Waals surface area contributed by atoms with Gasteiger partial charge in [-0.2, -0.15) is 0 Å². The van der Waals surface area contributed by atoms with Crippen LogP contribution in [0.2, 0.25) is 0 Å². The zero-order valence-corrected chi connectivity index (χ0v) is 13.9. The average Bonchev–Trinajstić information content (AvgIpc) is 3.10. The van der Waals surface area contributed by atoms with Crippen molar-refractivity contribution < 1.29 is 9.50 Å². The molecule has 0 atom stereocenters. The van der Waals surface area contributed by atoms with Crippen molar-refractivity contribution in [2.24, 2.45) is 0 Å². The maximum Gasteiger partial charge on any atom is 0.145 e. The van der Waals surface area contributed by atoms with E-state index in [0.717, 1.165) is 16.8 Å². The van der Waals surface area contributed by atoms with Crippen LogP contribution in [0.15, 0.2) is 42.2 Å². The molecule has 126 valence electrons. The molecule has 0 saturated carbocycles. The molecule has 1 aromatic heterocycles. The quantitative estimate of drug-likeness (QED) is 0.660. The lowest BCUT2D eigenvalue weighted by Crippen LogP contribution is -2.27. The summed E-state index contributed by atoms with van der Waals surface area (Å²) in [6, 6.07) is 10.1. The van der Waals surface area contributed by atoms with Gasteiger partial charge in [-0.05, 0) is 49.2 Å². The number of benzene rings is 2. The number of aliphatic hydroxyl groups excluding tert-OH is 1. The number of hydrogen-bond donors (Lipinski definition) is 3. The largest absolute Gasteiger partial charge is 0.509 e. The van der Waals surface area contributed by atoms with Crippen molar-refractivity contribution in [3.05, 3.63) is 64.9 Å². The zero-order chi connectivity index (χ0) is 17.7. The minimum absolute atomic E-state index is 0.0745. The molecule has 0 amide bonds. The van der Waals surface area contributed by atoms with Gasteiger partial charge in [0, 0.05) is 5.69 Å². The molecule has 2 heterocycles. The number of aromatic nitrogens is 2. The first-order valence-electron chi connectivity index (χ1n) is 7.96. The Bertz CT molecular complexity index is 1050. The second-order valence-electron chi connectivity index (χ2n) is 6.22. The molecular weight excluding hydrogens is 319 g/mol. The van der Waals surface area contributed by atoms with Gasteiger partial charge >= 0.3 is 0 Å². The lowest BCUT2D eigenvalue weighted by Gasteiger charge is -2.21. The molecule has 25 heavy (non-hydrogen) atoms. The van der Waals surface area contributed by atoms with Crippen LogP contribution in [-0.2, 0) is 0 Å². The summed E-state index contributed by atoms with van der Waals surface area (Å²) in [6.07, 6.45) is 0. The molecular formula is C19H17FN4O. The van der Waals surface area contributed by atoms with Gasteiger partial charge in [0.1, 0.15) is 23.2 Å². The Balaban J connectivity index is 1.76. The van der Waals surface area contributed by atoms with Crippen LogP contribution in [0.25, 0.3) is 16.6 Å². The average molecular weight is 336 g/mol. The van der Waals surface area contributed by atoms with E-state index in [0.29, 0.717) is 22.4 Å². The number of nitrogens with one attached hydrogen (secondary N) is 2. The number of hydrogen-bond acceptors (Lipinski definition) is 3. The molecule has 1 aliphatic rings. The monoisotopic (exact) mass is 336 g/mol. The van der Waals surface area contributed by atoms with Crippen LogP contribution in [0, 0.1) is 25.1 Å². The van der Waals surface area contributed by atoms with Gasteiger partial charge in [0.05, 0.1) is 23.2 Å². The van der Waals surface area contributed by atoms with Crippen LogP contribution in [-0.4, -0.2) is 27.5 Å². The number of H-pyrrole nitrogens is 1. The van der Waals surface area contributed by atoms with Gasteiger partial charge in [-0.1, -0.05) is 12.1 Å². The van der Waals surface area contributed by atoms with E-state index < -0.39 is 0 Å². The molecule has 0 spiro atoms. The molecule has 4 rings (SSSR count). The number of fused-ring (bicyclic) bond motifs is 1. The van der Waals surface area contributed by atoms with Gasteiger partial charge < -0.3 is 15.0 Å². The SMILES string of the molecule is Cc1cccc(N2CC(O)=C(c3nc4ccc(F)cc4[nH]3)C2=N)c1C. The Labute approximate surface area is 143 Å². The van der Waals surface area contributed by atoms with E-state index >= 15 is 0 Å². The van der Waals surface area contributed by atoms with Gasteiger partial charge in [0.25, 0.3) is 0 Å². The van der Waals surface area contributed by atoms with Crippen molar-refractivity contribution >= 4 is 28.1 Å². The van der Waals surface area contributed by atoms with Gasteiger partial charge in [0.15, 0.2) is 0 Å². The maximum absolute atomic E-state index is 13.4. The van der Waals surface area contributed by atoms with Crippen LogP contribution in [0.3, 0.4) is 0 Å². The van der Waals surface area contributed by atoms with Crippen LogP contribution in [0.4, 0.5) is 10.1 Å². The molecule has 3 N–H and O–H groups in total. The van der Waals surface area contributed by atoms with E-state index in [4.69, 9.17) is 5.41 Å². The Morgan fingerprint density at radius 2 is 2.04 bits per heavy atom. The van der Waals surface area contributed by atoms with Crippen LogP contribution in [0.1, 0.15) is 17.0 Å². The Morgan fingerprint density at radius 1 is 1.24 bits per heavy atom. The second-order valence-corrected chi connectivity index (χ2v) is 6.22. The second kappa shape index (κ2) is 5.44. The number of anilines is 1. The fourth-order valence-electron chi connectivity index (χ4n) is 3.16. The third kappa shape index (κ3) is 2.38. The van der Waals surface area contributed by atoms with E-state index in [1.54, 1.807) is 11.0 Å². The van der Waals surface area contributed by atoms with E-state index in [2.05, 4.69) is 9.97 Å². The molecule has 0 aliphatic carbocycles. The maximum atomic E-state index is 13.4. The number of nitrogens with zero attached hydrogens (tertiary/aromatic N) is 2. The first-order valence-corrected chi connectivity index (χ1v) is 7.96. The molecule has 2 aromatic carbocycles. The van der Waals surface area contributed by atoms with Crippen LogP contribution in [0.5, 0.6) is 0 Å². The first-order chi connectivity index (χ1) is 12.0. The highest BCUT2D eigenvalue weighted by Crippen LogP contribution is 2.33. The summed E-state index contributed by atoms with van der Waals surface area (Å²) in [7, 11) is 0. The van der Waals surface area contributed by atoms with Crippen molar-refractivity contribution in [2.45, 2.75) is 13.8 Å². The molecule has 0 radical (unpaired) electrons. The van der Waals surface area contributed by atoms with Gasteiger partial charge in [0.2, 0.25) is 0 Å². The predicted octanol–water partition coefficient (Wildman–Crippen LogP) is 4.09. The summed E-state index contributed by atoms with van der Waals surface area (Å²) in [5.41, 5.74) is 4.54. The topological polar surface area (TPSA) is 76.0 Å². The zero-order valence-electron chi connectivity index (χ0n) is 13.9. The molecule has 0 unspecified atom stereocenters. The molecule has 5 nitrogen and oxygen atoms in total. The molecule has 0 saturated heterocycles. The van der Waals surface area contributed by atoms with Crippen molar-refractivity contribution in [2.75, 3.05) is 11.4 Å². The number of rotatable bonds is 2. The highest BCUT2D eigenvalue weighted by molar-refractivity contribution is 6.30. The number of halogens is 1. The summed E-state index contributed by atoms with van der Waals surface area (Å²) in [6.45, 7) is 4.22. The van der Waals surface area contributed by atoms with Crippen molar-refractivity contribution in [1.82, 2.24) is 9.97 Å². The summed E-state index contributed by atoms with van der Waals surface area (Å²) in [5, 5.41) is 19.0. The van der Waals surface area contributed by atoms with Crippen LogP contribution >= 0.6 is 0 Å². The summed E-state index contributed by atoms with van der Waals surface area (Å²) in [5.74, 6) is 0.256. The van der Waals surface area contributed by atoms with Gasteiger partial charge in [-0.15, -0.1) is 0 Å². The van der Waals surface area contributed by atoms with E-state index in [9.17, 15) is 9.50 Å². The molecule has 0 bridgehead atoms. The number of aromatic amines is 1. The van der Waals surface area contributed by atoms with Crippen LogP contribution < -0.4 is 4.90 Å². The van der Waals surface area contributed by atoms with Crippen molar-refractivity contribution in [3.63, 3.8) is 0 Å². The molecule has 1 aliphatic heterocycles. The summed E-state index contributed by atoms with van der Waals surface area (Å²) < 4.78 is 13.4. The fraction of sp³-hybridized carbons (Fsp3) is 0.158. The van der Waals surface area contributed by atoms with Crippen molar-refractivity contribution in [3.8, 4) is 0 Å². The minimum atomic E-state index is -0.362. The fourth-order valence-corrected chi connectivity index (χ4v) is 3.16. The van der Waals surface area contributed by atoms with Crippen molar-refractivity contribution in [1.29, 1.82) is 5.41 Å². The van der Waals surface area contributed by atoms with E-state index in [-0.39, 0.29) is 24.0 Å². The Morgan fingerprint density at radius 3 is 2.84 bits per heavy atom. The normalized spacial score (nSPS) is 14.8. The standard InChI is InChI=1S/C19H17FN4O/c1-10-4-3-5-15(11(10)2)24-9-16(25)17(18(24)21)19-22-13-7-6-12(20)8-14(13)23-19/h3-8,21,25H,9H2,1-2H3,(H,22,23). The summed E-state index contributed by atoms with van der Waals surface area (Å²) in [4.78, 5) is 9.15. The lowest BCUT2D eigenvalue weighted by atomic mass is 10.1. The van der Waals surface area contributed by atoms with E-state index in [1.165, 1.54) is 12.1 Å². The Hall–Kier alpha value is -3.15. The smallest absolute Gasteiger partial charge is 0.145 e. The predicted molar refractivity (Wildman–Crippen MR) is 96.6 cm³/mol. The first kappa shape index (κ1) is 15.4.